The Labute approximate surface area is 244 Å². The fourth-order valence-corrected chi connectivity index (χ4v) is 6.66. The second-order valence-electron chi connectivity index (χ2n) is 11.7. The molecule has 3 aliphatic heterocycles. The Balaban J connectivity index is 1.24. The van der Waals surface area contributed by atoms with Crippen LogP contribution >= 0.6 is 0 Å². The molecule has 3 atom stereocenters. The van der Waals surface area contributed by atoms with Gasteiger partial charge in [0.1, 0.15) is 0 Å². The molecule has 2 aromatic rings. The Kier molecular flexibility index (Phi) is 8.38. The summed E-state index contributed by atoms with van der Waals surface area (Å²) < 4.78 is 54.0. The maximum absolute atomic E-state index is 14.4. The number of halogens is 3. The van der Waals surface area contributed by atoms with Crippen molar-refractivity contribution in [1.29, 1.82) is 0 Å². The van der Waals surface area contributed by atoms with Crippen molar-refractivity contribution in [3.05, 3.63) is 88.5 Å². The topological polar surface area (TPSA) is 70.7 Å². The molecular weight excluding hydrogens is 545 g/mol. The van der Waals surface area contributed by atoms with Gasteiger partial charge in [-0.05, 0) is 73.1 Å². The summed E-state index contributed by atoms with van der Waals surface area (Å²) in [6, 6.07) is 9.74. The third kappa shape index (κ3) is 5.98. The van der Waals surface area contributed by atoms with Crippen LogP contribution in [0.15, 0.2) is 71.7 Å². The highest BCUT2D eigenvalue weighted by Crippen LogP contribution is 2.46. The van der Waals surface area contributed by atoms with Crippen molar-refractivity contribution in [1.82, 2.24) is 20.0 Å². The summed E-state index contributed by atoms with van der Waals surface area (Å²) in [5.41, 5.74) is 2.37. The van der Waals surface area contributed by atoms with E-state index in [-0.39, 0.29) is 23.6 Å². The molecule has 0 radical (unpaired) electrons. The van der Waals surface area contributed by atoms with Gasteiger partial charge >= 0.3 is 6.18 Å². The van der Waals surface area contributed by atoms with Gasteiger partial charge in [-0.2, -0.15) is 18.3 Å². The highest BCUT2D eigenvalue weighted by molar-refractivity contribution is 5.93. The van der Waals surface area contributed by atoms with Gasteiger partial charge in [0.05, 0.1) is 36.5 Å². The zero-order valence-corrected chi connectivity index (χ0v) is 23.8. The van der Waals surface area contributed by atoms with Crippen molar-refractivity contribution >= 4 is 5.91 Å². The number of carbonyl (C=O) groups is 1. The lowest BCUT2D eigenvalue weighted by Crippen LogP contribution is -2.41. The Bertz CT molecular complexity index is 1360. The summed E-state index contributed by atoms with van der Waals surface area (Å²) in [6.07, 6.45) is 6.62. The Morgan fingerprint density at radius 1 is 1.14 bits per heavy atom. The predicted octanol–water partition coefficient (Wildman–Crippen LogP) is 5.67. The molecule has 1 unspecified atom stereocenters. The molecule has 0 spiro atoms. The zero-order chi connectivity index (χ0) is 29.3. The number of aromatic amines is 1. The van der Waals surface area contributed by atoms with E-state index in [1.165, 1.54) is 23.5 Å². The Morgan fingerprint density at radius 3 is 2.71 bits per heavy atom. The standard InChI is InChI=1S/C32H37F3N4O3/c1-41-13-14-42-25-9-4-12-38(20-25)18-21-15-27(32(33,34)35)29-17-26(31(40)39(29)19-21)23-7-3-8-24(16-23)30(22-5-2-6-22)28-10-11-36-37-28/h3,7-8,10-11,15-17,19,22,25-26,30H,2,4-6,9,12-14,18,20H2,1H3,(H,36,37)/t25-,26?,30-/m1/s1. The van der Waals surface area contributed by atoms with Crippen molar-refractivity contribution in [2.24, 2.45) is 5.92 Å². The summed E-state index contributed by atoms with van der Waals surface area (Å²) in [7, 11) is 1.62. The molecule has 0 bridgehead atoms. The second-order valence-corrected chi connectivity index (χ2v) is 11.7. The quantitative estimate of drug-likeness (QED) is 0.366. The van der Waals surface area contributed by atoms with Gasteiger partial charge in [0.25, 0.3) is 0 Å². The normalized spacial score (nSPS) is 24.1. The molecule has 1 saturated heterocycles. The summed E-state index contributed by atoms with van der Waals surface area (Å²) in [5, 5.41) is 7.25. The van der Waals surface area contributed by atoms with E-state index in [2.05, 4.69) is 15.1 Å². The predicted molar refractivity (Wildman–Crippen MR) is 151 cm³/mol. The van der Waals surface area contributed by atoms with E-state index >= 15 is 0 Å². The molecule has 4 aliphatic rings. The molecule has 42 heavy (non-hydrogen) atoms. The van der Waals surface area contributed by atoms with Gasteiger partial charge in [-0.25, -0.2) is 0 Å². The van der Waals surface area contributed by atoms with Crippen LogP contribution in [0.25, 0.3) is 0 Å². The van der Waals surface area contributed by atoms with Crippen molar-refractivity contribution < 1.29 is 27.4 Å². The second kappa shape index (κ2) is 12.2. The average molecular weight is 583 g/mol. The highest BCUT2D eigenvalue weighted by Gasteiger charge is 2.45. The van der Waals surface area contributed by atoms with E-state index < -0.39 is 17.7 Å². The number of hydrogen-bond donors (Lipinski definition) is 1. The Morgan fingerprint density at radius 2 is 2.00 bits per heavy atom. The zero-order valence-electron chi connectivity index (χ0n) is 23.8. The van der Waals surface area contributed by atoms with Gasteiger partial charge in [0.2, 0.25) is 5.91 Å². The average Bonchev–Trinajstić information content (AvgIpc) is 3.59. The van der Waals surface area contributed by atoms with Crippen LogP contribution in [0.3, 0.4) is 0 Å². The molecule has 2 fully saturated rings. The van der Waals surface area contributed by atoms with E-state index in [1.54, 1.807) is 19.5 Å². The van der Waals surface area contributed by atoms with Gasteiger partial charge < -0.3 is 9.47 Å². The minimum absolute atomic E-state index is 0.00945. The monoisotopic (exact) mass is 582 g/mol. The molecule has 1 aromatic carbocycles. The molecule has 10 heteroatoms. The third-order valence-electron chi connectivity index (χ3n) is 8.91. The van der Waals surface area contributed by atoms with Crippen LogP contribution in [0.1, 0.15) is 60.8 Å². The third-order valence-corrected chi connectivity index (χ3v) is 8.91. The molecule has 7 nitrogen and oxygen atoms in total. The van der Waals surface area contributed by atoms with Crippen molar-refractivity contribution in [3.8, 4) is 0 Å². The number of aromatic nitrogens is 2. The lowest BCUT2D eigenvalue weighted by Gasteiger charge is -2.34. The number of benzene rings is 1. The molecule has 1 aromatic heterocycles. The number of alkyl halides is 3. The number of allylic oxidation sites excluding steroid dienone is 1. The van der Waals surface area contributed by atoms with Gasteiger partial charge in [0.15, 0.2) is 0 Å². The van der Waals surface area contributed by atoms with Crippen molar-refractivity contribution in [3.63, 3.8) is 0 Å². The van der Waals surface area contributed by atoms with E-state index in [0.717, 1.165) is 43.5 Å². The number of fused-ring (bicyclic) bond motifs is 1. The Hall–Kier alpha value is -3.21. The molecule has 1 N–H and O–H groups in total. The summed E-state index contributed by atoms with van der Waals surface area (Å²) in [6.45, 7) is 2.69. The first-order chi connectivity index (χ1) is 20.3. The van der Waals surface area contributed by atoms with Gasteiger partial charge in [-0.3, -0.25) is 19.7 Å². The van der Waals surface area contributed by atoms with Gasteiger partial charge in [0, 0.05) is 44.2 Å². The first-order valence-electron chi connectivity index (χ1n) is 14.8. The van der Waals surface area contributed by atoms with Gasteiger partial charge in [-0.1, -0.05) is 30.7 Å². The number of methoxy groups -OCH3 is 1. The lowest BCUT2D eigenvalue weighted by atomic mass is 9.71. The van der Waals surface area contributed by atoms with Crippen LogP contribution < -0.4 is 0 Å². The van der Waals surface area contributed by atoms with Crippen LogP contribution in [-0.4, -0.2) is 78.1 Å². The number of ether oxygens (including phenoxy) is 2. The van der Waals surface area contributed by atoms with Crippen LogP contribution in [0.5, 0.6) is 0 Å². The molecule has 4 heterocycles. The van der Waals surface area contributed by atoms with Crippen LogP contribution in [0.2, 0.25) is 0 Å². The smallest absolute Gasteiger partial charge is 0.382 e. The van der Waals surface area contributed by atoms with Gasteiger partial charge in [-0.15, -0.1) is 0 Å². The van der Waals surface area contributed by atoms with E-state index in [4.69, 9.17) is 9.47 Å². The van der Waals surface area contributed by atoms with E-state index in [1.807, 2.05) is 30.3 Å². The maximum Gasteiger partial charge on any atom is 0.418 e. The first-order valence-corrected chi connectivity index (χ1v) is 14.8. The number of nitrogens with zero attached hydrogens (tertiary/aromatic N) is 3. The first kappa shape index (κ1) is 28.9. The van der Waals surface area contributed by atoms with Crippen molar-refractivity contribution in [2.45, 2.75) is 56.2 Å². The summed E-state index contributed by atoms with van der Waals surface area (Å²) in [5.74, 6) is -0.582. The number of likely N-dealkylation sites (tertiary alicyclic amines) is 1. The van der Waals surface area contributed by atoms with E-state index in [9.17, 15) is 18.0 Å². The number of rotatable bonds is 10. The lowest BCUT2D eigenvalue weighted by molar-refractivity contribution is -0.126. The number of carbonyl (C=O) groups excluding carboxylic acids is 1. The molecule has 224 valence electrons. The SMILES string of the molecule is COCCO[C@@H]1CCCN(CC2=CN3C(=O)C(c4cccc([C@H](c5ccn[nH]5)C5CCC5)c4)C=C3C(C(F)(F)F)=C2)C1. The molecule has 1 aliphatic carbocycles. The summed E-state index contributed by atoms with van der Waals surface area (Å²) in [4.78, 5) is 17.0. The van der Waals surface area contributed by atoms with Crippen molar-refractivity contribution in [2.75, 3.05) is 40.0 Å². The minimum atomic E-state index is -4.59. The minimum Gasteiger partial charge on any atom is -0.382 e. The fraction of sp³-hybridized carbons (Fsp3) is 0.500. The van der Waals surface area contributed by atoms with Crippen LogP contribution in [0, 0.1) is 5.92 Å². The number of amides is 1. The largest absolute Gasteiger partial charge is 0.418 e. The number of hydrogen-bond acceptors (Lipinski definition) is 5. The molecular formula is C32H37F3N4O3. The number of H-pyrrole nitrogens is 1. The maximum atomic E-state index is 14.4. The fourth-order valence-electron chi connectivity index (χ4n) is 6.66. The summed E-state index contributed by atoms with van der Waals surface area (Å²) >= 11 is 0. The molecule has 1 saturated carbocycles. The highest BCUT2D eigenvalue weighted by atomic mass is 19.4. The van der Waals surface area contributed by atoms with Crippen LogP contribution in [-0.2, 0) is 14.3 Å². The molecule has 6 rings (SSSR count). The van der Waals surface area contributed by atoms with E-state index in [0.29, 0.717) is 43.4 Å². The number of nitrogens with one attached hydrogen (secondary N) is 1. The number of piperidine rings is 1. The molecule has 1 amide bonds. The van der Waals surface area contributed by atoms with Crippen LogP contribution in [0.4, 0.5) is 13.2 Å².